The van der Waals surface area contributed by atoms with Gasteiger partial charge in [-0.1, -0.05) is 40.9 Å². The number of amides is 1. The second kappa shape index (κ2) is 6.09. The van der Waals surface area contributed by atoms with Crippen molar-refractivity contribution in [2.75, 3.05) is 6.54 Å². The van der Waals surface area contributed by atoms with Gasteiger partial charge in [-0.15, -0.1) is 0 Å². The number of likely N-dealkylation sites (tertiary alicyclic amines) is 1. The first-order valence-corrected chi connectivity index (χ1v) is 8.71. The fourth-order valence-electron chi connectivity index (χ4n) is 3.78. The number of halogens is 1. The Morgan fingerprint density at radius 1 is 1.33 bits per heavy atom. The second-order valence-electron chi connectivity index (χ2n) is 6.55. The Labute approximate surface area is 135 Å². The zero-order valence-corrected chi connectivity index (χ0v) is 13.9. The van der Waals surface area contributed by atoms with Crippen LogP contribution < -0.4 is 5.73 Å². The van der Waals surface area contributed by atoms with Crippen LogP contribution in [0.3, 0.4) is 0 Å². The molecule has 0 radical (unpaired) electrons. The molecule has 1 aliphatic heterocycles. The van der Waals surface area contributed by atoms with Crippen molar-refractivity contribution in [3.63, 3.8) is 0 Å². The van der Waals surface area contributed by atoms with Gasteiger partial charge in [0.05, 0.1) is 6.04 Å². The molecule has 2 aliphatic rings. The first-order chi connectivity index (χ1) is 10.1. The monoisotopic (exact) mass is 350 g/mol. The van der Waals surface area contributed by atoms with Gasteiger partial charge in [-0.05, 0) is 43.4 Å². The van der Waals surface area contributed by atoms with Crippen molar-refractivity contribution in [3.8, 4) is 0 Å². The van der Waals surface area contributed by atoms with E-state index in [-0.39, 0.29) is 17.5 Å². The molecule has 1 aromatic rings. The molecule has 2 N–H and O–H groups in total. The van der Waals surface area contributed by atoms with Gasteiger partial charge in [0.1, 0.15) is 0 Å². The molecule has 3 nitrogen and oxygen atoms in total. The number of rotatable bonds is 3. The molecule has 114 valence electrons. The van der Waals surface area contributed by atoms with Gasteiger partial charge < -0.3 is 10.6 Å². The van der Waals surface area contributed by atoms with Crippen LogP contribution in [0.25, 0.3) is 0 Å². The Balaban J connectivity index is 1.73. The topological polar surface area (TPSA) is 46.3 Å². The van der Waals surface area contributed by atoms with Crippen LogP contribution in [0, 0.1) is 0 Å². The van der Waals surface area contributed by atoms with Gasteiger partial charge in [0, 0.05) is 23.0 Å². The second-order valence-corrected chi connectivity index (χ2v) is 7.46. The van der Waals surface area contributed by atoms with Crippen LogP contribution in [0.4, 0.5) is 0 Å². The Kier molecular flexibility index (Phi) is 4.36. The maximum atomic E-state index is 12.7. The van der Waals surface area contributed by atoms with E-state index in [1.54, 1.807) is 0 Å². The van der Waals surface area contributed by atoms with Crippen molar-refractivity contribution < 1.29 is 4.79 Å². The largest absolute Gasteiger partial charge is 0.336 e. The quantitative estimate of drug-likeness (QED) is 0.901. The van der Waals surface area contributed by atoms with Gasteiger partial charge in [-0.2, -0.15) is 0 Å². The number of nitrogens with two attached hydrogens (primary N) is 1. The molecule has 1 aromatic carbocycles. The molecule has 0 spiro atoms. The van der Waals surface area contributed by atoms with Gasteiger partial charge in [0.2, 0.25) is 5.91 Å². The van der Waals surface area contributed by atoms with Crippen LogP contribution in [-0.2, 0) is 4.79 Å². The molecule has 1 heterocycles. The highest BCUT2D eigenvalue weighted by molar-refractivity contribution is 9.10. The van der Waals surface area contributed by atoms with Crippen LogP contribution in [0.5, 0.6) is 0 Å². The zero-order chi connectivity index (χ0) is 14.9. The highest BCUT2D eigenvalue weighted by atomic mass is 79.9. The molecule has 1 aliphatic carbocycles. The Bertz CT molecular complexity index is 525. The fourth-order valence-corrected chi connectivity index (χ4v) is 4.20. The van der Waals surface area contributed by atoms with E-state index in [0.717, 1.165) is 36.7 Å². The molecule has 3 rings (SSSR count). The number of carbonyl (C=O) groups excluding carboxylic acids is 1. The molecule has 1 saturated heterocycles. The van der Waals surface area contributed by atoms with Gasteiger partial charge in [0.15, 0.2) is 0 Å². The summed E-state index contributed by atoms with van der Waals surface area (Å²) in [7, 11) is 0. The van der Waals surface area contributed by atoms with Crippen LogP contribution in [-0.4, -0.2) is 22.9 Å². The summed E-state index contributed by atoms with van der Waals surface area (Å²) in [4.78, 5) is 14.8. The third kappa shape index (κ3) is 3.32. The average Bonchev–Trinajstić information content (AvgIpc) is 3.07. The van der Waals surface area contributed by atoms with E-state index < -0.39 is 0 Å². The predicted molar refractivity (Wildman–Crippen MR) is 87.8 cm³/mol. The maximum Gasteiger partial charge on any atom is 0.224 e. The summed E-state index contributed by atoms with van der Waals surface area (Å²) >= 11 is 3.52. The van der Waals surface area contributed by atoms with E-state index in [4.69, 9.17) is 5.73 Å². The van der Waals surface area contributed by atoms with Crippen LogP contribution >= 0.6 is 15.9 Å². The molecule has 0 aromatic heterocycles. The molecule has 1 saturated carbocycles. The van der Waals surface area contributed by atoms with Crippen molar-refractivity contribution in [2.24, 2.45) is 5.73 Å². The van der Waals surface area contributed by atoms with E-state index in [9.17, 15) is 4.79 Å². The smallest absolute Gasteiger partial charge is 0.224 e. The van der Waals surface area contributed by atoms with Crippen molar-refractivity contribution in [1.82, 2.24) is 4.90 Å². The summed E-state index contributed by atoms with van der Waals surface area (Å²) in [6, 6.07) is 8.54. The molecule has 1 atom stereocenters. The van der Waals surface area contributed by atoms with Crippen LogP contribution in [0.1, 0.15) is 56.6 Å². The van der Waals surface area contributed by atoms with E-state index >= 15 is 0 Å². The van der Waals surface area contributed by atoms with Crippen molar-refractivity contribution >= 4 is 21.8 Å². The average molecular weight is 351 g/mol. The van der Waals surface area contributed by atoms with Crippen molar-refractivity contribution in [2.45, 2.75) is 56.5 Å². The standard InChI is InChI=1S/C17H23BrN2O/c18-14-6-3-5-13(11-14)15-7-4-10-20(15)16(21)12-17(19)8-1-2-9-17/h3,5-6,11,15H,1-2,4,7-10,12,19H2. The predicted octanol–water partition coefficient (Wildman–Crippen LogP) is 3.77. The summed E-state index contributed by atoms with van der Waals surface area (Å²) in [5, 5.41) is 0. The lowest BCUT2D eigenvalue weighted by molar-refractivity contribution is -0.133. The summed E-state index contributed by atoms with van der Waals surface area (Å²) in [5.74, 6) is 0.238. The number of nitrogens with zero attached hydrogens (tertiary/aromatic N) is 1. The Morgan fingerprint density at radius 2 is 2.10 bits per heavy atom. The normalized spacial score (nSPS) is 24.5. The minimum atomic E-state index is -0.249. The van der Waals surface area contributed by atoms with Gasteiger partial charge in [-0.25, -0.2) is 0 Å². The first kappa shape index (κ1) is 15.0. The molecule has 4 heteroatoms. The van der Waals surface area contributed by atoms with Crippen LogP contribution in [0.2, 0.25) is 0 Å². The SMILES string of the molecule is NC1(CC(=O)N2CCCC2c2cccc(Br)c2)CCCC1. The number of benzene rings is 1. The third-order valence-electron chi connectivity index (χ3n) is 4.91. The summed E-state index contributed by atoms with van der Waals surface area (Å²) in [6.45, 7) is 0.867. The highest BCUT2D eigenvalue weighted by Crippen LogP contribution is 2.36. The zero-order valence-electron chi connectivity index (χ0n) is 12.4. The molecule has 1 amide bonds. The number of hydrogen-bond donors (Lipinski definition) is 1. The lowest BCUT2D eigenvalue weighted by Gasteiger charge is -2.30. The molecule has 1 unspecified atom stereocenters. The molecular formula is C17H23BrN2O. The number of hydrogen-bond acceptors (Lipinski definition) is 2. The Hall–Kier alpha value is -0.870. The number of carbonyl (C=O) groups is 1. The summed E-state index contributed by atoms with van der Waals surface area (Å²) < 4.78 is 1.07. The first-order valence-electron chi connectivity index (χ1n) is 7.91. The van der Waals surface area contributed by atoms with E-state index in [0.29, 0.717) is 6.42 Å². The molecule has 2 fully saturated rings. The van der Waals surface area contributed by atoms with E-state index in [1.165, 1.54) is 18.4 Å². The summed E-state index contributed by atoms with van der Waals surface area (Å²) in [6.07, 6.45) is 6.97. The maximum absolute atomic E-state index is 12.7. The molecule has 21 heavy (non-hydrogen) atoms. The summed E-state index contributed by atoms with van der Waals surface area (Å²) in [5.41, 5.74) is 7.36. The lowest BCUT2D eigenvalue weighted by Crippen LogP contribution is -2.43. The van der Waals surface area contributed by atoms with Crippen molar-refractivity contribution in [3.05, 3.63) is 34.3 Å². The lowest BCUT2D eigenvalue weighted by atomic mass is 9.93. The third-order valence-corrected chi connectivity index (χ3v) is 5.40. The van der Waals surface area contributed by atoms with Crippen LogP contribution in [0.15, 0.2) is 28.7 Å². The van der Waals surface area contributed by atoms with Gasteiger partial charge >= 0.3 is 0 Å². The van der Waals surface area contributed by atoms with E-state index in [1.807, 2.05) is 12.1 Å². The highest BCUT2D eigenvalue weighted by Gasteiger charge is 2.36. The van der Waals surface area contributed by atoms with Gasteiger partial charge in [-0.3, -0.25) is 4.79 Å². The molecular weight excluding hydrogens is 328 g/mol. The molecule has 0 bridgehead atoms. The van der Waals surface area contributed by atoms with E-state index in [2.05, 4.69) is 33.0 Å². The van der Waals surface area contributed by atoms with Crippen molar-refractivity contribution in [1.29, 1.82) is 0 Å². The minimum absolute atomic E-state index is 0.222. The Morgan fingerprint density at radius 3 is 2.81 bits per heavy atom. The van der Waals surface area contributed by atoms with Gasteiger partial charge in [0.25, 0.3) is 0 Å². The minimum Gasteiger partial charge on any atom is -0.336 e. The fraction of sp³-hybridized carbons (Fsp3) is 0.588.